The van der Waals surface area contributed by atoms with E-state index in [-0.39, 0.29) is 11.8 Å². The van der Waals surface area contributed by atoms with Crippen molar-refractivity contribution in [3.05, 3.63) is 0 Å². The fraction of sp³-hybridized carbons (Fsp3) is 0.750. The summed E-state index contributed by atoms with van der Waals surface area (Å²) in [5.41, 5.74) is 0. The summed E-state index contributed by atoms with van der Waals surface area (Å²) in [6, 6.07) is 2.44. The lowest BCUT2D eigenvalue weighted by molar-refractivity contribution is -0.121. The maximum atomic E-state index is 11.0. The Kier molecular flexibility index (Phi) is 2.48. The van der Waals surface area contributed by atoms with Gasteiger partial charge in [-0.2, -0.15) is 5.26 Å². The number of hydrogen-bond donors (Lipinski definition) is 1. The summed E-state index contributed by atoms with van der Waals surface area (Å²) in [6.45, 7) is 1.76. The molecule has 1 fully saturated rings. The highest BCUT2D eigenvalue weighted by Crippen LogP contribution is 2.18. The number of amides is 1. The van der Waals surface area contributed by atoms with Gasteiger partial charge in [-0.25, -0.2) is 0 Å². The molecule has 0 saturated heterocycles. The Balaban J connectivity index is 2.15. The molecule has 3 heteroatoms. The molecule has 0 aromatic rings. The molecule has 11 heavy (non-hydrogen) atoms. The predicted molar refractivity (Wildman–Crippen MR) is 40.6 cm³/mol. The highest BCUT2D eigenvalue weighted by molar-refractivity contribution is 5.77. The van der Waals surface area contributed by atoms with Gasteiger partial charge in [0.25, 0.3) is 0 Å². The molecule has 1 aliphatic carbocycles. The van der Waals surface area contributed by atoms with Crippen molar-refractivity contribution in [3.63, 3.8) is 0 Å². The molecule has 0 aromatic carbocycles. The van der Waals surface area contributed by atoms with E-state index < -0.39 is 0 Å². The first-order chi connectivity index (χ1) is 5.22. The minimum absolute atomic E-state index is 0.0153. The first-order valence-electron chi connectivity index (χ1n) is 3.91. The van der Waals surface area contributed by atoms with Gasteiger partial charge >= 0.3 is 0 Å². The molecule has 3 nitrogen and oxygen atoms in total. The second kappa shape index (κ2) is 3.38. The number of hydrogen-bond acceptors (Lipinski definition) is 2. The molecule has 60 valence electrons. The van der Waals surface area contributed by atoms with Crippen LogP contribution in [0.3, 0.4) is 0 Å². The number of rotatable bonds is 3. The maximum absolute atomic E-state index is 11.0. The maximum Gasteiger partial charge on any atom is 0.221 e. The third kappa shape index (κ3) is 3.03. The zero-order chi connectivity index (χ0) is 8.27. The third-order valence-corrected chi connectivity index (χ3v) is 1.65. The van der Waals surface area contributed by atoms with Gasteiger partial charge in [0.05, 0.1) is 12.0 Å². The minimum atomic E-state index is -0.159. The van der Waals surface area contributed by atoms with Gasteiger partial charge in [0.1, 0.15) is 0 Å². The molecular formula is C8H12N2O. The summed E-state index contributed by atoms with van der Waals surface area (Å²) in [5.74, 6) is -0.143. The number of carbonyl (C=O) groups is 1. The van der Waals surface area contributed by atoms with Crippen LogP contribution >= 0.6 is 0 Å². The molecular weight excluding hydrogens is 140 g/mol. The Hall–Kier alpha value is -1.04. The fourth-order valence-corrected chi connectivity index (χ4v) is 0.838. The number of nitrogens with zero attached hydrogens (tertiary/aromatic N) is 1. The molecule has 1 saturated carbocycles. The lowest BCUT2D eigenvalue weighted by Crippen LogP contribution is -2.26. The molecule has 0 radical (unpaired) electrons. The summed E-state index contributed by atoms with van der Waals surface area (Å²) in [5, 5.41) is 11.2. The highest BCUT2D eigenvalue weighted by Gasteiger charge is 2.23. The smallest absolute Gasteiger partial charge is 0.221 e. The van der Waals surface area contributed by atoms with Gasteiger partial charge in [-0.15, -0.1) is 0 Å². The molecule has 0 aromatic heterocycles. The van der Waals surface area contributed by atoms with E-state index in [1.807, 2.05) is 6.07 Å². The van der Waals surface area contributed by atoms with Gasteiger partial charge in [0, 0.05) is 12.5 Å². The topological polar surface area (TPSA) is 52.9 Å². The van der Waals surface area contributed by atoms with E-state index in [0.717, 1.165) is 12.8 Å². The molecule has 0 heterocycles. The quantitative estimate of drug-likeness (QED) is 0.650. The average Bonchev–Trinajstić information content (AvgIpc) is 2.71. The molecule has 0 aliphatic heterocycles. The molecule has 0 bridgehead atoms. The summed E-state index contributed by atoms with van der Waals surface area (Å²) >= 11 is 0. The zero-order valence-electron chi connectivity index (χ0n) is 6.63. The van der Waals surface area contributed by atoms with Crippen LogP contribution in [0, 0.1) is 17.2 Å². The number of nitrogens with one attached hydrogen (secondary N) is 1. The monoisotopic (exact) mass is 152 g/mol. The molecule has 1 unspecified atom stereocenters. The standard InChI is InChI=1S/C8H12N2O/c1-6(5-9)4-8(11)10-7-2-3-7/h6-7H,2-4H2,1H3,(H,10,11). The van der Waals surface area contributed by atoms with Crippen molar-refractivity contribution in [2.45, 2.75) is 32.2 Å². The SMILES string of the molecule is CC(C#N)CC(=O)NC1CC1. The van der Waals surface area contributed by atoms with Crippen LogP contribution in [0.25, 0.3) is 0 Å². The highest BCUT2D eigenvalue weighted by atomic mass is 16.1. The zero-order valence-corrected chi connectivity index (χ0v) is 6.63. The largest absolute Gasteiger partial charge is 0.353 e. The van der Waals surface area contributed by atoms with Crippen molar-refractivity contribution in [2.24, 2.45) is 5.92 Å². The van der Waals surface area contributed by atoms with Gasteiger partial charge < -0.3 is 5.32 Å². The molecule has 1 atom stereocenters. The van der Waals surface area contributed by atoms with E-state index in [0.29, 0.717) is 12.5 Å². The van der Waals surface area contributed by atoms with Gasteiger partial charge in [-0.05, 0) is 19.8 Å². The molecule has 1 N–H and O–H groups in total. The van der Waals surface area contributed by atoms with Crippen LogP contribution in [-0.2, 0) is 4.79 Å². The Bertz CT molecular complexity index is 191. The van der Waals surface area contributed by atoms with Crippen LogP contribution in [0.4, 0.5) is 0 Å². The van der Waals surface area contributed by atoms with E-state index in [1.54, 1.807) is 6.92 Å². The van der Waals surface area contributed by atoms with Gasteiger partial charge in [-0.1, -0.05) is 0 Å². The van der Waals surface area contributed by atoms with E-state index in [9.17, 15) is 4.79 Å². The van der Waals surface area contributed by atoms with Crippen LogP contribution < -0.4 is 5.32 Å². The number of nitriles is 1. The molecule has 1 aliphatic rings. The van der Waals surface area contributed by atoms with E-state index in [1.165, 1.54) is 0 Å². The summed E-state index contributed by atoms with van der Waals surface area (Å²) < 4.78 is 0. The number of carbonyl (C=O) groups excluding carboxylic acids is 1. The Labute approximate surface area is 66.4 Å². The first kappa shape index (κ1) is 8.06. The third-order valence-electron chi connectivity index (χ3n) is 1.65. The predicted octanol–water partition coefficient (Wildman–Crippen LogP) is 0.815. The van der Waals surface area contributed by atoms with Crippen LogP contribution in [0.2, 0.25) is 0 Å². The average molecular weight is 152 g/mol. The van der Waals surface area contributed by atoms with Gasteiger partial charge in [0.15, 0.2) is 0 Å². The lowest BCUT2D eigenvalue weighted by atomic mass is 10.1. The second-order valence-electron chi connectivity index (χ2n) is 3.08. The van der Waals surface area contributed by atoms with Crippen molar-refractivity contribution < 1.29 is 4.79 Å². The lowest BCUT2D eigenvalue weighted by Gasteiger charge is -2.02. The van der Waals surface area contributed by atoms with E-state index in [4.69, 9.17) is 5.26 Å². The van der Waals surface area contributed by atoms with Crippen LogP contribution in [0.5, 0.6) is 0 Å². The second-order valence-corrected chi connectivity index (χ2v) is 3.08. The van der Waals surface area contributed by atoms with Crippen LogP contribution in [0.1, 0.15) is 26.2 Å². The molecule has 0 spiro atoms. The summed E-state index contributed by atoms with van der Waals surface area (Å²) in [7, 11) is 0. The first-order valence-corrected chi connectivity index (χ1v) is 3.91. The van der Waals surface area contributed by atoms with Gasteiger partial charge in [0.2, 0.25) is 5.91 Å². The van der Waals surface area contributed by atoms with E-state index in [2.05, 4.69) is 5.32 Å². The fourth-order valence-electron chi connectivity index (χ4n) is 0.838. The summed E-state index contributed by atoms with van der Waals surface area (Å²) in [4.78, 5) is 11.0. The molecule has 1 amide bonds. The van der Waals surface area contributed by atoms with Crippen molar-refractivity contribution in [1.29, 1.82) is 5.26 Å². The van der Waals surface area contributed by atoms with Crippen molar-refractivity contribution >= 4 is 5.91 Å². The Morgan fingerprint density at radius 3 is 2.91 bits per heavy atom. The van der Waals surface area contributed by atoms with Gasteiger partial charge in [-0.3, -0.25) is 4.79 Å². The van der Waals surface area contributed by atoms with E-state index >= 15 is 0 Å². The van der Waals surface area contributed by atoms with Crippen LogP contribution in [-0.4, -0.2) is 11.9 Å². The van der Waals surface area contributed by atoms with Crippen molar-refractivity contribution in [3.8, 4) is 6.07 Å². The van der Waals surface area contributed by atoms with Crippen molar-refractivity contribution in [2.75, 3.05) is 0 Å². The molecule has 1 rings (SSSR count). The minimum Gasteiger partial charge on any atom is -0.353 e. The van der Waals surface area contributed by atoms with Crippen molar-refractivity contribution in [1.82, 2.24) is 5.32 Å². The Morgan fingerprint density at radius 1 is 1.82 bits per heavy atom. The summed E-state index contributed by atoms with van der Waals surface area (Å²) in [6.07, 6.45) is 2.55. The van der Waals surface area contributed by atoms with Crippen LogP contribution in [0.15, 0.2) is 0 Å². The Morgan fingerprint density at radius 2 is 2.45 bits per heavy atom. The normalized spacial score (nSPS) is 18.5.